The number of nitrogens with one attached hydrogen (secondary N) is 1. The third-order valence-corrected chi connectivity index (χ3v) is 3.97. The molecule has 0 saturated carbocycles. The first-order chi connectivity index (χ1) is 9.86. The van der Waals surface area contributed by atoms with Gasteiger partial charge in [-0.1, -0.05) is 30.3 Å². The van der Waals surface area contributed by atoms with Crippen LogP contribution in [0.4, 0.5) is 5.69 Å². The maximum Gasteiger partial charge on any atom is 0.238 e. The Morgan fingerprint density at radius 1 is 1.14 bits per heavy atom. The van der Waals surface area contributed by atoms with Gasteiger partial charge in [0.1, 0.15) is 0 Å². The summed E-state index contributed by atoms with van der Waals surface area (Å²) in [6.45, 7) is 1.93. The smallest absolute Gasteiger partial charge is 0.238 e. The number of carbonyl (C=O) groups excluding carboxylic acids is 1. The summed E-state index contributed by atoms with van der Waals surface area (Å²) in [5.41, 5.74) is 2.36. The number of primary sulfonamides is 1. The molecule has 0 aliphatic rings. The average molecular weight is 304 g/mol. The highest BCUT2D eigenvalue weighted by molar-refractivity contribution is 7.89. The Kier molecular flexibility index (Phi) is 4.40. The van der Waals surface area contributed by atoms with Crippen LogP contribution < -0.4 is 10.5 Å². The molecule has 0 unspecified atom stereocenters. The van der Waals surface area contributed by atoms with Crippen molar-refractivity contribution in [2.45, 2.75) is 18.2 Å². The minimum atomic E-state index is -3.78. The number of amides is 1. The van der Waals surface area contributed by atoms with E-state index in [1.165, 1.54) is 18.2 Å². The van der Waals surface area contributed by atoms with E-state index >= 15 is 0 Å². The third kappa shape index (κ3) is 4.14. The molecule has 6 heteroatoms. The van der Waals surface area contributed by atoms with Crippen molar-refractivity contribution < 1.29 is 13.2 Å². The molecule has 3 N–H and O–H groups in total. The predicted molar refractivity (Wildman–Crippen MR) is 81.3 cm³/mol. The van der Waals surface area contributed by atoms with Gasteiger partial charge < -0.3 is 5.32 Å². The van der Waals surface area contributed by atoms with Gasteiger partial charge in [0.05, 0.1) is 11.3 Å². The van der Waals surface area contributed by atoms with Crippen LogP contribution in [0.25, 0.3) is 0 Å². The molecule has 0 fully saturated rings. The third-order valence-electron chi connectivity index (χ3n) is 3.06. The number of nitrogens with two attached hydrogens (primary N) is 1. The summed E-state index contributed by atoms with van der Waals surface area (Å²) in [7, 11) is -3.78. The first-order valence-electron chi connectivity index (χ1n) is 6.33. The van der Waals surface area contributed by atoms with Crippen LogP contribution in [-0.4, -0.2) is 14.3 Å². The van der Waals surface area contributed by atoms with E-state index in [0.717, 1.165) is 11.1 Å². The van der Waals surface area contributed by atoms with E-state index in [1.807, 2.05) is 31.2 Å². The van der Waals surface area contributed by atoms with Crippen molar-refractivity contribution in [3.05, 3.63) is 59.7 Å². The highest BCUT2D eigenvalue weighted by Gasteiger charge is 2.10. The van der Waals surface area contributed by atoms with Gasteiger partial charge in [-0.15, -0.1) is 0 Å². The van der Waals surface area contributed by atoms with Gasteiger partial charge in [0, 0.05) is 5.69 Å². The van der Waals surface area contributed by atoms with Crippen molar-refractivity contribution in [3.8, 4) is 0 Å². The molecule has 110 valence electrons. The normalized spacial score (nSPS) is 11.1. The van der Waals surface area contributed by atoms with Gasteiger partial charge in [-0.25, -0.2) is 13.6 Å². The molecule has 0 saturated heterocycles. The molecule has 5 nitrogen and oxygen atoms in total. The number of aryl methyl sites for hydroxylation is 1. The summed E-state index contributed by atoms with van der Waals surface area (Å²) in [5, 5.41) is 7.73. The fourth-order valence-corrected chi connectivity index (χ4v) is 2.50. The molecule has 0 aliphatic carbocycles. The zero-order valence-electron chi connectivity index (χ0n) is 11.5. The summed E-state index contributed by atoms with van der Waals surface area (Å²) in [6, 6.07) is 13.5. The van der Waals surface area contributed by atoms with E-state index in [-0.39, 0.29) is 17.2 Å². The molecule has 21 heavy (non-hydrogen) atoms. The molecule has 0 aliphatic heterocycles. The van der Waals surface area contributed by atoms with Crippen LogP contribution >= 0.6 is 0 Å². The van der Waals surface area contributed by atoms with Crippen LogP contribution in [0.1, 0.15) is 11.1 Å². The molecular weight excluding hydrogens is 288 g/mol. The van der Waals surface area contributed by atoms with Gasteiger partial charge in [0.25, 0.3) is 0 Å². The lowest BCUT2D eigenvalue weighted by molar-refractivity contribution is -0.115. The lowest BCUT2D eigenvalue weighted by atomic mass is 10.1. The standard InChI is InChI=1S/C15H16N2O3S/c1-11-5-2-3-6-12(11)9-15(18)17-13-7-4-8-14(10-13)21(16,19)20/h2-8,10H,9H2,1H3,(H,17,18)(H2,16,19,20). The van der Waals surface area contributed by atoms with E-state index in [2.05, 4.69) is 5.32 Å². The average Bonchev–Trinajstić information content (AvgIpc) is 2.41. The lowest BCUT2D eigenvalue weighted by Crippen LogP contribution is -2.16. The van der Waals surface area contributed by atoms with Crippen LogP contribution in [0.15, 0.2) is 53.4 Å². The quantitative estimate of drug-likeness (QED) is 0.903. The number of benzene rings is 2. The van der Waals surface area contributed by atoms with Crippen molar-refractivity contribution in [2.75, 3.05) is 5.32 Å². The number of hydrogen-bond donors (Lipinski definition) is 2. The van der Waals surface area contributed by atoms with Crippen molar-refractivity contribution in [1.29, 1.82) is 0 Å². The van der Waals surface area contributed by atoms with Gasteiger partial charge in [-0.3, -0.25) is 4.79 Å². The predicted octanol–water partition coefficient (Wildman–Crippen LogP) is 1.82. The molecule has 2 aromatic carbocycles. The summed E-state index contributed by atoms with van der Waals surface area (Å²) in [5.74, 6) is -0.212. The summed E-state index contributed by atoms with van der Waals surface area (Å²) in [4.78, 5) is 12.0. The largest absolute Gasteiger partial charge is 0.326 e. The van der Waals surface area contributed by atoms with Crippen molar-refractivity contribution >= 4 is 21.6 Å². The lowest BCUT2D eigenvalue weighted by Gasteiger charge is -2.08. The molecule has 1 amide bonds. The Morgan fingerprint density at radius 2 is 1.86 bits per heavy atom. The van der Waals surface area contributed by atoms with Crippen LogP contribution in [-0.2, 0) is 21.2 Å². The maximum absolute atomic E-state index is 12.0. The summed E-state index contributed by atoms with van der Waals surface area (Å²) < 4.78 is 22.5. The van der Waals surface area contributed by atoms with Gasteiger partial charge in [-0.05, 0) is 36.2 Å². The molecule has 0 aromatic heterocycles. The number of sulfonamides is 1. The van der Waals surface area contributed by atoms with E-state index in [9.17, 15) is 13.2 Å². The number of hydrogen-bond acceptors (Lipinski definition) is 3. The zero-order valence-corrected chi connectivity index (χ0v) is 12.4. The van der Waals surface area contributed by atoms with Crippen LogP contribution in [0.3, 0.4) is 0 Å². The molecule has 0 heterocycles. The second kappa shape index (κ2) is 6.07. The van der Waals surface area contributed by atoms with Crippen LogP contribution in [0.5, 0.6) is 0 Å². The Morgan fingerprint density at radius 3 is 2.52 bits per heavy atom. The number of anilines is 1. The second-order valence-corrected chi connectivity index (χ2v) is 6.29. The van der Waals surface area contributed by atoms with Crippen LogP contribution in [0, 0.1) is 6.92 Å². The van der Waals surface area contributed by atoms with E-state index in [4.69, 9.17) is 5.14 Å². The van der Waals surface area contributed by atoms with Crippen LogP contribution in [0.2, 0.25) is 0 Å². The van der Waals surface area contributed by atoms with E-state index in [0.29, 0.717) is 5.69 Å². The minimum absolute atomic E-state index is 0.0313. The molecule has 0 bridgehead atoms. The summed E-state index contributed by atoms with van der Waals surface area (Å²) >= 11 is 0. The van der Waals surface area contributed by atoms with E-state index < -0.39 is 10.0 Å². The van der Waals surface area contributed by atoms with Crippen molar-refractivity contribution in [1.82, 2.24) is 0 Å². The maximum atomic E-state index is 12.0. The fourth-order valence-electron chi connectivity index (χ4n) is 1.94. The fraction of sp³-hybridized carbons (Fsp3) is 0.133. The minimum Gasteiger partial charge on any atom is -0.326 e. The SMILES string of the molecule is Cc1ccccc1CC(=O)Nc1cccc(S(N)(=O)=O)c1. The molecule has 2 aromatic rings. The second-order valence-electron chi connectivity index (χ2n) is 4.72. The van der Waals surface area contributed by atoms with Gasteiger partial charge in [0.15, 0.2) is 0 Å². The van der Waals surface area contributed by atoms with Gasteiger partial charge in [-0.2, -0.15) is 0 Å². The Hall–Kier alpha value is -2.18. The van der Waals surface area contributed by atoms with E-state index in [1.54, 1.807) is 6.07 Å². The molecular formula is C15H16N2O3S. The Bertz CT molecular complexity index is 770. The zero-order chi connectivity index (χ0) is 15.5. The molecule has 0 radical (unpaired) electrons. The molecule has 2 rings (SSSR count). The topological polar surface area (TPSA) is 89.3 Å². The number of carbonyl (C=O) groups is 1. The monoisotopic (exact) mass is 304 g/mol. The Balaban J connectivity index is 2.12. The Labute approximate surface area is 123 Å². The first-order valence-corrected chi connectivity index (χ1v) is 7.88. The van der Waals surface area contributed by atoms with Crippen molar-refractivity contribution in [2.24, 2.45) is 5.14 Å². The molecule has 0 atom stereocenters. The molecule has 0 spiro atoms. The highest BCUT2D eigenvalue weighted by Crippen LogP contribution is 2.15. The summed E-state index contributed by atoms with van der Waals surface area (Å²) in [6.07, 6.45) is 0.228. The van der Waals surface area contributed by atoms with Gasteiger partial charge >= 0.3 is 0 Å². The number of rotatable bonds is 4. The highest BCUT2D eigenvalue weighted by atomic mass is 32.2. The van der Waals surface area contributed by atoms with Gasteiger partial charge in [0.2, 0.25) is 15.9 Å². The van der Waals surface area contributed by atoms with Crippen molar-refractivity contribution in [3.63, 3.8) is 0 Å². The first kappa shape index (κ1) is 15.2.